The van der Waals surface area contributed by atoms with Crippen LogP contribution >= 0.6 is 0 Å². The van der Waals surface area contributed by atoms with Crippen LogP contribution in [0.4, 0.5) is 0 Å². The van der Waals surface area contributed by atoms with Gasteiger partial charge in [-0.05, 0) is 42.8 Å². The van der Waals surface area contributed by atoms with E-state index in [2.05, 4.69) is 20.8 Å². The van der Waals surface area contributed by atoms with Crippen molar-refractivity contribution in [1.29, 1.82) is 0 Å². The van der Waals surface area contributed by atoms with Gasteiger partial charge in [-0.2, -0.15) is 0 Å². The first-order valence-electron chi connectivity index (χ1n) is 5.92. The lowest BCUT2D eigenvalue weighted by molar-refractivity contribution is -0.133. The van der Waals surface area contributed by atoms with Crippen LogP contribution in [0.3, 0.4) is 0 Å². The van der Waals surface area contributed by atoms with Crippen LogP contribution < -0.4 is 5.32 Å². The molecule has 7 nitrogen and oxygen atoms in total. The Kier molecular flexibility index (Phi) is 4.03. The lowest BCUT2D eigenvalue weighted by Gasteiger charge is -2.31. The number of nitrogens with zero attached hydrogens (tertiary/aromatic N) is 5. The number of aromatic nitrogens is 4. The van der Waals surface area contributed by atoms with E-state index in [4.69, 9.17) is 0 Å². The van der Waals surface area contributed by atoms with Crippen molar-refractivity contribution in [3.63, 3.8) is 0 Å². The molecule has 0 aromatic carbocycles. The minimum absolute atomic E-state index is 0.0974. The number of rotatable bonds is 4. The summed E-state index contributed by atoms with van der Waals surface area (Å²) in [5.41, 5.74) is 0. The van der Waals surface area contributed by atoms with E-state index in [-0.39, 0.29) is 12.5 Å². The molecule has 1 aliphatic heterocycles. The van der Waals surface area contributed by atoms with Gasteiger partial charge >= 0.3 is 0 Å². The van der Waals surface area contributed by atoms with Crippen molar-refractivity contribution in [3.8, 4) is 0 Å². The Morgan fingerprint density at radius 3 is 2.82 bits per heavy atom. The minimum atomic E-state index is 0.0974. The van der Waals surface area contributed by atoms with E-state index in [1.807, 2.05) is 11.9 Å². The molecule has 1 aromatic heterocycles. The van der Waals surface area contributed by atoms with Gasteiger partial charge in [0.1, 0.15) is 12.9 Å². The number of hydrogen-bond donors (Lipinski definition) is 1. The van der Waals surface area contributed by atoms with Crippen LogP contribution in [0.2, 0.25) is 0 Å². The van der Waals surface area contributed by atoms with E-state index in [0.29, 0.717) is 5.92 Å². The van der Waals surface area contributed by atoms with Crippen LogP contribution in [0, 0.1) is 5.92 Å². The van der Waals surface area contributed by atoms with Crippen LogP contribution in [0.25, 0.3) is 0 Å². The molecule has 17 heavy (non-hydrogen) atoms. The summed E-state index contributed by atoms with van der Waals surface area (Å²) in [6, 6.07) is 0. The van der Waals surface area contributed by atoms with Crippen molar-refractivity contribution in [2.75, 3.05) is 26.7 Å². The molecule has 0 aliphatic carbocycles. The fourth-order valence-electron chi connectivity index (χ4n) is 2.17. The van der Waals surface area contributed by atoms with Gasteiger partial charge in [-0.25, -0.2) is 4.68 Å². The zero-order valence-corrected chi connectivity index (χ0v) is 10.0. The second-order valence-electron chi connectivity index (χ2n) is 4.39. The summed E-state index contributed by atoms with van der Waals surface area (Å²) in [6.45, 7) is 2.96. The molecule has 0 unspecified atom stereocenters. The zero-order valence-electron chi connectivity index (χ0n) is 10.0. The number of nitrogens with one attached hydrogen (secondary N) is 1. The molecule has 2 heterocycles. The predicted molar refractivity (Wildman–Crippen MR) is 61.0 cm³/mol. The maximum absolute atomic E-state index is 11.9. The molecule has 2 rings (SSSR count). The summed E-state index contributed by atoms with van der Waals surface area (Å²) in [5, 5.41) is 13.9. The Labute approximate surface area is 100 Å². The first-order chi connectivity index (χ1) is 8.29. The molecule has 1 N–H and O–H groups in total. The Morgan fingerprint density at radius 1 is 1.47 bits per heavy atom. The molecule has 94 valence electrons. The van der Waals surface area contributed by atoms with E-state index < -0.39 is 0 Å². The molecule has 1 amide bonds. The number of carbonyl (C=O) groups excluding carboxylic acids is 1. The normalized spacial score (nSPS) is 17.4. The quantitative estimate of drug-likeness (QED) is 0.738. The van der Waals surface area contributed by atoms with E-state index in [9.17, 15) is 4.79 Å². The average Bonchev–Trinajstić information content (AvgIpc) is 2.83. The molecule has 1 aromatic rings. The fraction of sp³-hybridized carbons (Fsp3) is 0.800. The molecule has 1 fully saturated rings. The Morgan fingerprint density at radius 2 is 2.24 bits per heavy atom. The van der Waals surface area contributed by atoms with Gasteiger partial charge in [0.2, 0.25) is 5.91 Å². The highest BCUT2D eigenvalue weighted by Gasteiger charge is 2.22. The summed E-state index contributed by atoms with van der Waals surface area (Å²) in [5.74, 6) is 0.789. The topological polar surface area (TPSA) is 75.9 Å². The summed E-state index contributed by atoms with van der Waals surface area (Å²) in [4.78, 5) is 13.8. The van der Waals surface area contributed by atoms with Crippen molar-refractivity contribution in [1.82, 2.24) is 30.4 Å². The highest BCUT2D eigenvalue weighted by atomic mass is 16.2. The maximum atomic E-state index is 11.9. The van der Waals surface area contributed by atoms with Gasteiger partial charge in [0.05, 0.1) is 0 Å². The minimum Gasteiger partial charge on any atom is -0.341 e. The standard InChI is InChI=1S/C10H18N6O/c1-11-6-9-2-4-15(5-3-9)10(17)7-16-8-12-13-14-16/h8-9,11H,2-7H2,1H3. The van der Waals surface area contributed by atoms with Crippen molar-refractivity contribution in [2.24, 2.45) is 5.92 Å². The van der Waals surface area contributed by atoms with Crippen molar-refractivity contribution < 1.29 is 4.79 Å². The first kappa shape index (κ1) is 12.0. The van der Waals surface area contributed by atoms with Gasteiger partial charge in [-0.1, -0.05) is 0 Å². The fourth-order valence-corrected chi connectivity index (χ4v) is 2.17. The molecule has 0 atom stereocenters. The molecule has 7 heteroatoms. The molecule has 1 saturated heterocycles. The van der Waals surface area contributed by atoms with Gasteiger partial charge < -0.3 is 10.2 Å². The summed E-state index contributed by atoms with van der Waals surface area (Å²) < 4.78 is 1.46. The number of carbonyl (C=O) groups is 1. The molecule has 0 radical (unpaired) electrons. The summed E-state index contributed by atoms with van der Waals surface area (Å²) in [7, 11) is 1.97. The van der Waals surface area contributed by atoms with Crippen LogP contribution in [-0.2, 0) is 11.3 Å². The van der Waals surface area contributed by atoms with Gasteiger partial charge in [0, 0.05) is 13.1 Å². The molecule has 0 bridgehead atoms. The van der Waals surface area contributed by atoms with E-state index in [1.54, 1.807) is 0 Å². The number of amides is 1. The highest BCUT2D eigenvalue weighted by molar-refractivity contribution is 5.75. The summed E-state index contributed by atoms with van der Waals surface area (Å²) >= 11 is 0. The lowest BCUT2D eigenvalue weighted by atomic mass is 9.97. The Bertz CT molecular complexity index is 344. The second kappa shape index (κ2) is 5.72. The molecule has 0 saturated carbocycles. The number of hydrogen-bond acceptors (Lipinski definition) is 5. The molecule has 1 aliphatic rings. The van der Waals surface area contributed by atoms with Gasteiger partial charge in [0.15, 0.2) is 0 Å². The predicted octanol–water partition coefficient (Wildman–Crippen LogP) is -0.869. The maximum Gasteiger partial charge on any atom is 0.244 e. The largest absolute Gasteiger partial charge is 0.341 e. The average molecular weight is 238 g/mol. The number of piperidine rings is 1. The van der Waals surface area contributed by atoms with Crippen LogP contribution in [0.1, 0.15) is 12.8 Å². The molecular formula is C10H18N6O. The molecular weight excluding hydrogens is 220 g/mol. The smallest absolute Gasteiger partial charge is 0.244 e. The lowest BCUT2D eigenvalue weighted by Crippen LogP contribution is -2.41. The SMILES string of the molecule is CNCC1CCN(C(=O)Cn2cnnn2)CC1. The van der Waals surface area contributed by atoms with Crippen molar-refractivity contribution >= 4 is 5.91 Å². The van der Waals surface area contributed by atoms with E-state index in [0.717, 1.165) is 32.5 Å². The van der Waals surface area contributed by atoms with Crippen molar-refractivity contribution in [2.45, 2.75) is 19.4 Å². The Balaban J connectivity index is 1.78. The molecule has 0 spiro atoms. The van der Waals surface area contributed by atoms with Crippen molar-refractivity contribution in [3.05, 3.63) is 6.33 Å². The number of tetrazole rings is 1. The second-order valence-corrected chi connectivity index (χ2v) is 4.39. The Hall–Kier alpha value is -1.50. The highest BCUT2D eigenvalue weighted by Crippen LogP contribution is 2.16. The summed E-state index contributed by atoms with van der Waals surface area (Å²) in [6.07, 6.45) is 3.61. The van der Waals surface area contributed by atoms with Crippen LogP contribution in [0.15, 0.2) is 6.33 Å². The third-order valence-corrected chi connectivity index (χ3v) is 3.15. The van der Waals surface area contributed by atoms with Gasteiger partial charge in [-0.3, -0.25) is 4.79 Å². The third-order valence-electron chi connectivity index (χ3n) is 3.15. The van der Waals surface area contributed by atoms with Gasteiger partial charge in [0.25, 0.3) is 0 Å². The van der Waals surface area contributed by atoms with Crippen LogP contribution in [0.5, 0.6) is 0 Å². The van der Waals surface area contributed by atoms with E-state index >= 15 is 0 Å². The zero-order chi connectivity index (χ0) is 12.1. The first-order valence-corrected chi connectivity index (χ1v) is 5.92. The number of likely N-dealkylation sites (tertiary alicyclic amines) is 1. The van der Waals surface area contributed by atoms with Crippen LogP contribution in [-0.4, -0.2) is 57.7 Å². The monoisotopic (exact) mass is 238 g/mol. The van der Waals surface area contributed by atoms with Gasteiger partial charge in [-0.15, -0.1) is 5.10 Å². The third kappa shape index (κ3) is 3.23. The van der Waals surface area contributed by atoms with E-state index in [1.165, 1.54) is 11.0 Å².